The molecule has 2 heteroatoms. The lowest BCUT2D eigenvalue weighted by Crippen LogP contribution is -2.51. The van der Waals surface area contributed by atoms with Crippen LogP contribution < -0.4 is 5.32 Å². The third-order valence-corrected chi connectivity index (χ3v) is 3.95. The van der Waals surface area contributed by atoms with E-state index in [1.54, 1.807) is 0 Å². The fourth-order valence-corrected chi connectivity index (χ4v) is 2.58. The van der Waals surface area contributed by atoms with Gasteiger partial charge in [-0.05, 0) is 66.1 Å². The largest absolute Gasteiger partial charge is 0.312 e. The summed E-state index contributed by atoms with van der Waals surface area (Å²) < 4.78 is 0. The van der Waals surface area contributed by atoms with Crippen molar-refractivity contribution in [2.45, 2.75) is 71.4 Å². The first kappa shape index (κ1) is 15.0. The fraction of sp³-hybridized carbons (Fsp3) is 1.00. The van der Waals surface area contributed by atoms with Crippen LogP contribution in [0.15, 0.2) is 0 Å². The maximum atomic E-state index is 3.65. The highest BCUT2D eigenvalue weighted by atomic mass is 15.1. The molecule has 2 unspecified atom stereocenters. The zero-order chi connectivity index (χ0) is 12.9. The molecule has 0 aromatic carbocycles. The van der Waals surface area contributed by atoms with E-state index in [1.165, 1.54) is 45.2 Å². The number of hydrogen-bond donors (Lipinski definition) is 1. The molecular weight excluding hydrogens is 208 g/mol. The van der Waals surface area contributed by atoms with Gasteiger partial charge < -0.3 is 10.2 Å². The lowest BCUT2D eigenvalue weighted by Gasteiger charge is -2.44. The molecule has 0 aliphatic heterocycles. The van der Waals surface area contributed by atoms with E-state index in [0.29, 0.717) is 0 Å². The minimum atomic E-state index is 0.265. The van der Waals surface area contributed by atoms with Gasteiger partial charge in [0.2, 0.25) is 0 Å². The van der Waals surface area contributed by atoms with E-state index < -0.39 is 0 Å². The van der Waals surface area contributed by atoms with Gasteiger partial charge >= 0.3 is 0 Å². The Hall–Kier alpha value is -0.0800. The molecule has 17 heavy (non-hydrogen) atoms. The molecule has 1 N–H and O–H groups in total. The third kappa shape index (κ3) is 5.39. The molecule has 0 aromatic heterocycles. The van der Waals surface area contributed by atoms with Crippen LogP contribution in [0.1, 0.15) is 59.8 Å². The predicted molar refractivity (Wildman–Crippen MR) is 76.4 cm³/mol. The van der Waals surface area contributed by atoms with Crippen molar-refractivity contribution in [2.24, 2.45) is 5.92 Å². The number of rotatable bonds is 7. The summed E-state index contributed by atoms with van der Waals surface area (Å²) in [5.41, 5.74) is 0.265. The van der Waals surface area contributed by atoms with Gasteiger partial charge in [0, 0.05) is 11.6 Å². The van der Waals surface area contributed by atoms with E-state index in [-0.39, 0.29) is 5.54 Å². The SMILES string of the molecule is CCCCCN(C)C1CCC1CNC(C)(C)C. The Kier molecular flexibility index (Phi) is 5.94. The van der Waals surface area contributed by atoms with Crippen LogP contribution in [-0.2, 0) is 0 Å². The van der Waals surface area contributed by atoms with E-state index >= 15 is 0 Å². The van der Waals surface area contributed by atoms with Crippen LogP contribution in [0.3, 0.4) is 0 Å². The smallest absolute Gasteiger partial charge is 0.0133 e. The van der Waals surface area contributed by atoms with Gasteiger partial charge in [-0.1, -0.05) is 19.8 Å². The monoisotopic (exact) mass is 240 g/mol. The van der Waals surface area contributed by atoms with Gasteiger partial charge in [0.15, 0.2) is 0 Å². The second kappa shape index (κ2) is 6.75. The average molecular weight is 240 g/mol. The topological polar surface area (TPSA) is 15.3 Å². The fourth-order valence-electron chi connectivity index (χ4n) is 2.58. The Morgan fingerprint density at radius 1 is 1.18 bits per heavy atom. The summed E-state index contributed by atoms with van der Waals surface area (Å²) in [6.07, 6.45) is 6.88. The molecule has 1 rings (SSSR count). The zero-order valence-corrected chi connectivity index (χ0v) is 12.6. The number of unbranched alkanes of at least 4 members (excludes halogenated alkanes) is 2. The van der Waals surface area contributed by atoms with E-state index in [4.69, 9.17) is 0 Å². The molecule has 1 fully saturated rings. The number of nitrogens with zero attached hydrogens (tertiary/aromatic N) is 1. The van der Waals surface area contributed by atoms with Crippen molar-refractivity contribution < 1.29 is 0 Å². The van der Waals surface area contributed by atoms with Crippen LogP contribution in [-0.4, -0.2) is 36.6 Å². The maximum Gasteiger partial charge on any atom is 0.0133 e. The first-order valence-electron chi connectivity index (χ1n) is 7.39. The van der Waals surface area contributed by atoms with E-state index in [0.717, 1.165) is 12.0 Å². The summed E-state index contributed by atoms with van der Waals surface area (Å²) in [6, 6.07) is 0.835. The van der Waals surface area contributed by atoms with Crippen LogP contribution in [0.4, 0.5) is 0 Å². The second-order valence-corrected chi connectivity index (χ2v) is 6.72. The highest BCUT2D eigenvalue weighted by Gasteiger charge is 2.33. The first-order chi connectivity index (χ1) is 7.94. The normalized spacial score (nSPS) is 25.1. The van der Waals surface area contributed by atoms with Crippen LogP contribution in [0.25, 0.3) is 0 Å². The highest BCUT2D eigenvalue weighted by Crippen LogP contribution is 2.31. The van der Waals surface area contributed by atoms with Crippen LogP contribution in [0.2, 0.25) is 0 Å². The van der Waals surface area contributed by atoms with Crippen molar-refractivity contribution in [3.05, 3.63) is 0 Å². The van der Waals surface area contributed by atoms with E-state index in [2.05, 4.69) is 45.0 Å². The van der Waals surface area contributed by atoms with Gasteiger partial charge in [-0.15, -0.1) is 0 Å². The second-order valence-electron chi connectivity index (χ2n) is 6.72. The maximum absolute atomic E-state index is 3.65. The molecule has 0 radical (unpaired) electrons. The van der Waals surface area contributed by atoms with Crippen LogP contribution in [0.5, 0.6) is 0 Å². The van der Waals surface area contributed by atoms with Crippen molar-refractivity contribution in [3.8, 4) is 0 Å². The average Bonchev–Trinajstić information content (AvgIpc) is 2.14. The third-order valence-electron chi connectivity index (χ3n) is 3.95. The molecule has 2 nitrogen and oxygen atoms in total. The van der Waals surface area contributed by atoms with Gasteiger partial charge in [0.05, 0.1) is 0 Å². The number of hydrogen-bond acceptors (Lipinski definition) is 2. The van der Waals surface area contributed by atoms with Crippen LogP contribution in [0, 0.1) is 5.92 Å². The standard InChI is InChI=1S/C15H32N2/c1-6-7-8-11-17(5)14-10-9-13(14)12-16-15(2,3)4/h13-14,16H,6-12H2,1-5H3. The molecule has 0 bridgehead atoms. The number of nitrogens with one attached hydrogen (secondary N) is 1. The molecule has 102 valence electrons. The Morgan fingerprint density at radius 3 is 2.35 bits per heavy atom. The summed E-state index contributed by atoms with van der Waals surface area (Å²) in [5, 5.41) is 3.65. The highest BCUT2D eigenvalue weighted by molar-refractivity contribution is 4.90. The van der Waals surface area contributed by atoms with E-state index in [1.807, 2.05) is 0 Å². The molecule has 1 aliphatic carbocycles. The zero-order valence-electron chi connectivity index (χ0n) is 12.6. The van der Waals surface area contributed by atoms with Crippen LogP contribution >= 0.6 is 0 Å². The quantitative estimate of drug-likeness (QED) is 0.687. The molecule has 0 heterocycles. The van der Waals surface area contributed by atoms with Crippen molar-refractivity contribution in [1.29, 1.82) is 0 Å². The molecule has 1 aliphatic rings. The summed E-state index contributed by atoms with van der Waals surface area (Å²) >= 11 is 0. The van der Waals surface area contributed by atoms with Crippen molar-refractivity contribution in [2.75, 3.05) is 20.1 Å². The van der Waals surface area contributed by atoms with Crippen molar-refractivity contribution in [3.63, 3.8) is 0 Å². The van der Waals surface area contributed by atoms with E-state index in [9.17, 15) is 0 Å². The summed E-state index contributed by atoms with van der Waals surface area (Å²) in [4.78, 5) is 2.59. The molecule has 2 atom stereocenters. The minimum Gasteiger partial charge on any atom is -0.312 e. The molecular formula is C15H32N2. The molecule has 0 spiro atoms. The predicted octanol–water partition coefficient (Wildman–Crippen LogP) is 3.28. The Balaban J connectivity index is 2.20. The Labute approximate surface area is 108 Å². The summed E-state index contributed by atoms with van der Waals surface area (Å²) in [6.45, 7) is 11.5. The van der Waals surface area contributed by atoms with Gasteiger partial charge in [-0.25, -0.2) is 0 Å². The lowest BCUT2D eigenvalue weighted by molar-refractivity contribution is 0.0780. The summed E-state index contributed by atoms with van der Waals surface area (Å²) in [7, 11) is 2.31. The molecule has 0 aromatic rings. The van der Waals surface area contributed by atoms with Gasteiger partial charge in [-0.2, -0.15) is 0 Å². The van der Waals surface area contributed by atoms with Gasteiger partial charge in [0.25, 0.3) is 0 Å². The Bertz CT molecular complexity index is 207. The minimum absolute atomic E-state index is 0.265. The Morgan fingerprint density at radius 2 is 1.88 bits per heavy atom. The van der Waals surface area contributed by atoms with Crippen molar-refractivity contribution in [1.82, 2.24) is 10.2 Å². The summed E-state index contributed by atoms with van der Waals surface area (Å²) in [5.74, 6) is 0.876. The molecule has 0 amide bonds. The molecule has 0 saturated heterocycles. The van der Waals surface area contributed by atoms with Crippen molar-refractivity contribution >= 4 is 0 Å². The molecule has 1 saturated carbocycles. The van der Waals surface area contributed by atoms with Gasteiger partial charge in [-0.3, -0.25) is 0 Å². The first-order valence-corrected chi connectivity index (χ1v) is 7.39. The van der Waals surface area contributed by atoms with Gasteiger partial charge in [0.1, 0.15) is 0 Å². The lowest BCUT2D eigenvalue weighted by atomic mass is 9.78.